The Balaban J connectivity index is 1.55. The van der Waals surface area contributed by atoms with Gasteiger partial charge in [0.1, 0.15) is 11.6 Å². The zero-order valence-corrected chi connectivity index (χ0v) is 13.6. The number of nitrogens with zero attached hydrogens (tertiary/aromatic N) is 2. The molecule has 0 spiro atoms. The van der Waals surface area contributed by atoms with E-state index in [0.717, 1.165) is 12.3 Å². The van der Waals surface area contributed by atoms with Gasteiger partial charge in [-0.2, -0.15) is 13.2 Å². The lowest BCUT2D eigenvalue weighted by Crippen LogP contribution is -2.39. The number of nitrogens with one attached hydrogen (secondary N) is 2. The molecular weight excluding hydrogens is 349 g/mol. The molecule has 3 rings (SSSR count). The number of pyridine rings is 1. The zero-order chi connectivity index (χ0) is 18.7. The number of phenolic OH excluding ortho intramolecular Hbond substituents is 1. The van der Waals surface area contributed by atoms with Crippen LogP contribution in [0.2, 0.25) is 0 Å². The van der Waals surface area contributed by atoms with Crippen molar-refractivity contribution in [2.45, 2.75) is 18.6 Å². The molecule has 2 heterocycles. The van der Waals surface area contributed by atoms with E-state index in [2.05, 4.69) is 15.6 Å². The van der Waals surface area contributed by atoms with Crippen LogP contribution in [0.3, 0.4) is 0 Å². The Morgan fingerprint density at radius 1 is 1.23 bits per heavy atom. The maximum absolute atomic E-state index is 12.6. The van der Waals surface area contributed by atoms with Gasteiger partial charge in [-0.05, 0) is 30.7 Å². The summed E-state index contributed by atoms with van der Waals surface area (Å²) in [4.78, 5) is 17.7. The summed E-state index contributed by atoms with van der Waals surface area (Å²) in [5.74, 6) is 0.396. The average Bonchev–Trinajstić information content (AvgIpc) is 3.05. The largest absolute Gasteiger partial charge is 0.506 e. The van der Waals surface area contributed by atoms with Gasteiger partial charge in [0.25, 0.3) is 0 Å². The van der Waals surface area contributed by atoms with Gasteiger partial charge in [-0.1, -0.05) is 12.1 Å². The van der Waals surface area contributed by atoms with Crippen molar-refractivity contribution >= 4 is 17.5 Å². The number of carbonyl (C=O) groups excluding carboxylic acids is 1. The number of para-hydroxylation sites is 2. The highest BCUT2D eigenvalue weighted by Crippen LogP contribution is 2.30. The van der Waals surface area contributed by atoms with Crippen molar-refractivity contribution in [2.75, 3.05) is 23.3 Å². The van der Waals surface area contributed by atoms with Crippen molar-refractivity contribution < 1.29 is 23.1 Å². The van der Waals surface area contributed by atoms with Crippen LogP contribution in [0.25, 0.3) is 0 Å². The molecule has 9 heteroatoms. The van der Waals surface area contributed by atoms with E-state index < -0.39 is 17.8 Å². The molecule has 1 aromatic heterocycles. The van der Waals surface area contributed by atoms with Crippen LogP contribution in [-0.2, 0) is 6.18 Å². The Hall–Kier alpha value is -2.97. The second kappa shape index (κ2) is 7.11. The van der Waals surface area contributed by atoms with E-state index in [1.165, 1.54) is 12.1 Å². The SMILES string of the molecule is O=C(Nc1ccccc1O)N[C@@H]1CCN(c2ccc(C(F)(F)F)cn2)C1. The van der Waals surface area contributed by atoms with Crippen molar-refractivity contribution in [3.05, 3.63) is 48.2 Å². The third-order valence-corrected chi connectivity index (χ3v) is 4.07. The molecule has 0 aliphatic carbocycles. The number of amides is 2. The van der Waals surface area contributed by atoms with Gasteiger partial charge in [-0.25, -0.2) is 9.78 Å². The third kappa shape index (κ3) is 4.16. The van der Waals surface area contributed by atoms with Crippen LogP contribution < -0.4 is 15.5 Å². The molecule has 1 saturated heterocycles. The number of aromatic nitrogens is 1. The topological polar surface area (TPSA) is 77.5 Å². The molecule has 6 nitrogen and oxygen atoms in total. The monoisotopic (exact) mass is 366 g/mol. The van der Waals surface area contributed by atoms with Crippen molar-refractivity contribution in [2.24, 2.45) is 0 Å². The number of aromatic hydroxyl groups is 1. The first-order valence-electron chi connectivity index (χ1n) is 7.96. The molecule has 1 aromatic carbocycles. The lowest BCUT2D eigenvalue weighted by molar-refractivity contribution is -0.137. The lowest BCUT2D eigenvalue weighted by Gasteiger charge is -2.19. The molecule has 2 aromatic rings. The van der Waals surface area contributed by atoms with Crippen molar-refractivity contribution in [3.8, 4) is 5.75 Å². The summed E-state index contributed by atoms with van der Waals surface area (Å²) in [6, 6.07) is 8.04. The Morgan fingerprint density at radius 3 is 2.65 bits per heavy atom. The van der Waals surface area contributed by atoms with Crippen LogP contribution in [-0.4, -0.2) is 35.3 Å². The van der Waals surface area contributed by atoms with Gasteiger partial charge < -0.3 is 20.6 Å². The molecule has 0 saturated carbocycles. The molecule has 1 aliphatic rings. The van der Waals surface area contributed by atoms with E-state index in [1.807, 2.05) is 4.90 Å². The van der Waals surface area contributed by atoms with Gasteiger partial charge in [-0.15, -0.1) is 0 Å². The Morgan fingerprint density at radius 2 is 2.00 bits per heavy atom. The predicted octanol–water partition coefficient (Wildman–Crippen LogP) is 3.21. The smallest absolute Gasteiger partial charge is 0.417 e. The van der Waals surface area contributed by atoms with E-state index in [9.17, 15) is 23.1 Å². The number of hydrogen-bond acceptors (Lipinski definition) is 4. The standard InChI is InChI=1S/C17H17F3N4O2/c18-17(19,20)11-5-6-15(21-9-11)24-8-7-12(10-24)22-16(26)23-13-3-1-2-4-14(13)25/h1-6,9,12,25H,7-8,10H2,(H2,22,23,26)/t12-/m1/s1. The summed E-state index contributed by atoms with van der Waals surface area (Å²) in [6.45, 7) is 1.01. The van der Waals surface area contributed by atoms with E-state index >= 15 is 0 Å². The summed E-state index contributed by atoms with van der Waals surface area (Å²) < 4.78 is 37.8. The van der Waals surface area contributed by atoms with E-state index in [-0.39, 0.29) is 11.8 Å². The molecule has 138 valence electrons. The van der Waals surface area contributed by atoms with Gasteiger partial charge in [0.05, 0.1) is 11.3 Å². The lowest BCUT2D eigenvalue weighted by atomic mass is 10.2. The molecule has 1 atom stereocenters. The second-order valence-electron chi connectivity index (χ2n) is 5.95. The number of anilines is 2. The van der Waals surface area contributed by atoms with Gasteiger partial charge in [0, 0.05) is 25.3 Å². The number of urea groups is 1. The summed E-state index contributed by atoms with van der Waals surface area (Å²) in [6.07, 6.45) is -2.97. The van der Waals surface area contributed by atoms with Gasteiger partial charge in [0.15, 0.2) is 0 Å². The fourth-order valence-corrected chi connectivity index (χ4v) is 2.75. The first-order valence-corrected chi connectivity index (χ1v) is 7.96. The minimum Gasteiger partial charge on any atom is -0.506 e. The Labute approximate surface area is 147 Å². The van der Waals surface area contributed by atoms with E-state index in [1.54, 1.807) is 18.2 Å². The fourth-order valence-electron chi connectivity index (χ4n) is 2.75. The van der Waals surface area contributed by atoms with Crippen LogP contribution in [0.15, 0.2) is 42.6 Å². The van der Waals surface area contributed by atoms with Crippen molar-refractivity contribution in [1.82, 2.24) is 10.3 Å². The maximum atomic E-state index is 12.6. The molecule has 2 amide bonds. The van der Waals surface area contributed by atoms with Crippen molar-refractivity contribution in [3.63, 3.8) is 0 Å². The quantitative estimate of drug-likeness (QED) is 0.729. The summed E-state index contributed by atoms with van der Waals surface area (Å²) >= 11 is 0. The number of benzene rings is 1. The molecule has 1 fully saturated rings. The number of halogens is 3. The molecule has 0 bridgehead atoms. The van der Waals surface area contributed by atoms with Gasteiger partial charge in [0.2, 0.25) is 0 Å². The summed E-state index contributed by atoms with van der Waals surface area (Å²) in [7, 11) is 0. The van der Waals surface area contributed by atoms with Crippen LogP contribution in [0.5, 0.6) is 5.75 Å². The highest BCUT2D eigenvalue weighted by Gasteiger charge is 2.31. The molecule has 3 N–H and O–H groups in total. The predicted molar refractivity (Wildman–Crippen MR) is 90.1 cm³/mol. The molecule has 0 radical (unpaired) electrons. The molecule has 26 heavy (non-hydrogen) atoms. The summed E-state index contributed by atoms with van der Waals surface area (Å²) in [5.41, 5.74) is -0.499. The Kier molecular flexibility index (Phi) is 4.88. The number of phenols is 1. The first kappa shape index (κ1) is 17.8. The number of hydrogen-bond donors (Lipinski definition) is 3. The highest BCUT2D eigenvalue weighted by molar-refractivity contribution is 5.91. The number of rotatable bonds is 3. The van der Waals surface area contributed by atoms with Crippen LogP contribution in [0.1, 0.15) is 12.0 Å². The van der Waals surface area contributed by atoms with Gasteiger partial charge in [-0.3, -0.25) is 0 Å². The fraction of sp³-hybridized carbons (Fsp3) is 0.294. The average molecular weight is 366 g/mol. The van der Waals surface area contributed by atoms with Crippen LogP contribution >= 0.6 is 0 Å². The van der Waals surface area contributed by atoms with E-state index in [0.29, 0.717) is 31.0 Å². The number of carbonyl (C=O) groups is 1. The first-order chi connectivity index (χ1) is 12.3. The second-order valence-corrected chi connectivity index (χ2v) is 5.95. The van der Waals surface area contributed by atoms with Crippen molar-refractivity contribution in [1.29, 1.82) is 0 Å². The highest BCUT2D eigenvalue weighted by atomic mass is 19.4. The van der Waals surface area contributed by atoms with E-state index in [4.69, 9.17) is 0 Å². The molecule has 0 unspecified atom stereocenters. The van der Waals surface area contributed by atoms with Crippen LogP contribution in [0.4, 0.5) is 29.5 Å². The molecular formula is C17H17F3N4O2. The third-order valence-electron chi connectivity index (χ3n) is 4.07. The number of alkyl halides is 3. The minimum absolute atomic E-state index is 0.0374. The normalized spacial score (nSPS) is 17.2. The Bertz CT molecular complexity index is 780. The van der Waals surface area contributed by atoms with Gasteiger partial charge >= 0.3 is 12.2 Å². The summed E-state index contributed by atoms with van der Waals surface area (Å²) in [5, 5.41) is 15.0. The maximum Gasteiger partial charge on any atom is 0.417 e. The molecule has 1 aliphatic heterocycles. The zero-order valence-electron chi connectivity index (χ0n) is 13.6. The minimum atomic E-state index is -4.41. The van der Waals surface area contributed by atoms with Crippen LogP contribution in [0, 0.1) is 0 Å².